The number of hydrogen-bond donors (Lipinski definition) is 1. The van der Waals surface area contributed by atoms with Crippen molar-refractivity contribution >= 4 is 21.5 Å². The Kier molecular flexibility index (Phi) is 5.95. The van der Waals surface area contributed by atoms with Gasteiger partial charge in [0.25, 0.3) is 10.0 Å². The van der Waals surface area contributed by atoms with Crippen molar-refractivity contribution in [2.45, 2.75) is 11.4 Å². The minimum absolute atomic E-state index is 0.114. The second-order valence-electron chi connectivity index (χ2n) is 6.76. The lowest BCUT2D eigenvalue weighted by Gasteiger charge is -2.10. The van der Waals surface area contributed by atoms with E-state index in [-0.39, 0.29) is 23.0 Å². The number of carbonyl (C=O) groups is 1. The number of Topliss-reactive ketones (excluding diaryl/α,β-unsaturated/α-hetero) is 1. The largest absolute Gasteiger partial charge is 0.497 e. The molecule has 0 atom stereocenters. The molecule has 0 amide bonds. The highest BCUT2D eigenvalue weighted by Crippen LogP contribution is 2.26. The number of nitrogens with one attached hydrogen (secondary N) is 1. The van der Waals surface area contributed by atoms with Crippen LogP contribution < -0.4 is 9.46 Å². The summed E-state index contributed by atoms with van der Waals surface area (Å²) >= 11 is 0. The van der Waals surface area contributed by atoms with Crippen LogP contribution in [-0.2, 0) is 16.6 Å². The molecule has 0 radical (unpaired) electrons. The summed E-state index contributed by atoms with van der Waals surface area (Å²) in [5, 5.41) is 12.2. The van der Waals surface area contributed by atoms with Crippen LogP contribution in [0, 0.1) is 0 Å². The highest BCUT2D eigenvalue weighted by Gasteiger charge is 2.18. The number of ketones is 1. The average molecular weight is 449 g/mol. The van der Waals surface area contributed by atoms with Gasteiger partial charge in [0.05, 0.1) is 17.7 Å². The molecular formula is C22H19N5O4S. The summed E-state index contributed by atoms with van der Waals surface area (Å²) in [5.41, 5.74) is 1.23. The van der Waals surface area contributed by atoms with Crippen molar-refractivity contribution in [2.75, 3.05) is 11.8 Å². The van der Waals surface area contributed by atoms with E-state index in [1.165, 1.54) is 16.9 Å². The molecule has 0 aliphatic heterocycles. The van der Waals surface area contributed by atoms with Gasteiger partial charge in [0, 0.05) is 11.1 Å². The molecule has 4 aromatic rings. The van der Waals surface area contributed by atoms with Gasteiger partial charge < -0.3 is 4.74 Å². The number of sulfonamides is 1. The lowest BCUT2D eigenvalue weighted by molar-refractivity contribution is 0.0961. The summed E-state index contributed by atoms with van der Waals surface area (Å²) in [6.45, 7) is -0.114. The maximum absolute atomic E-state index is 12.7. The SMILES string of the molecule is COc1ccc(C(=O)Cn2nnc(-c3ccccc3NS(=O)(=O)c3ccccc3)n2)cc1. The van der Waals surface area contributed by atoms with Gasteiger partial charge in [-0.3, -0.25) is 9.52 Å². The first-order valence-electron chi connectivity index (χ1n) is 9.58. The van der Waals surface area contributed by atoms with Crippen LogP contribution in [0.1, 0.15) is 10.4 Å². The van der Waals surface area contributed by atoms with Gasteiger partial charge in [0.1, 0.15) is 12.3 Å². The first-order valence-corrected chi connectivity index (χ1v) is 11.1. The number of methoxy groups -OCH3 is 1. The van der Waals surface area contributed by atoms with Gasteiger partial charge in [-0.2, -0.15) is 4.80 Å². The Bertz CT molecular complexity index is 1340. The van der Waals surface area contributed by atoms with Crippen LogP contribution in [0.25, 0.3) is 11.4 Å². The lowest BCUT2D eigenvalue weighted by Crippen LogP contribution is -2.14. The maximum Gasteiger partial charge on any atom is 0.261 e. The topological polar surface area (TPSA) is 116 Å². The van der Waals surface area contributed by atoms with Crippen LogP contribution in [-0.4, -0.2) is 41.5 Å². The predicted octanol–water partition coefficient (Wildman–Crippen LogP) is 3.03. The van der Waals surface area contributed by atoms with Gasteiger partial charge in [-0.1, -0.05) is 30.3 Å². The van der Waals surface area contributed by atoms with Crippen LogP contribution in [0.2, 0.25) is 0 Å². The van der Waals surface area contributed by atoms with Crippen molar-refractivity contribution in [1.82, 2.24) is 20.2 Å². The van der Waals surface area contributed by atoms with Crippen molar-refractivity contribution < 1.29 is 17.9 Å². The number of hydrogen-bond acceptors (Lipinski definition) is 7. The Morgan fingerprint density at radius 2 is 1.66 bits per heavy atom. The number of ether oxygens (including phenoxy) is 1. The summed E-state index contributed by atoms with van der Waals surface area (Å²) in [4.78, 5) is 13.8. The molecule has 4 rings (SSSR count). The van der Waals surface area contributed by atoms with Gasteiger partial charge in [-0.25, -0.2) is 8.42 Å². The molecule has 1 aromatic heterocycles. The highest BCUT2D eigenvalue weighted by molar-refractivity contribution is 7.92. The molecule has 0 aliphatic rings. The van der Waals surface area contributed by atoms with Crippen molar-refractivity contribution in [1.29, 1.82) is 0 Å². The molecule has 10 heteroatoms. The summed E-state index contributed by atoms with van der Waals surface area (Å²) in [6.07, 6.45) is 0. The van der Waals surface area contributed by atoms with E-state index in [1.54, 1.807) is 73.8 Å². The molecule has 0 unspecified atom stereocenters. The fraction of sp³-hybridized carbons (Fsp3) is 0.0909. The average Bonchev–Trinajstić information content (AvgIpc) is 3.28. The minimum Gasteiger partial charge on any atom is -0.497 e. The molecule has 0 fully saturated rings. The molecule has 0 saturated carbocycles. The highest BCUT2D eigenvalue weighted by atomic mass is 32.2. The quantitative estimate of drug-likeness (QED) is 0.411. The second kappa shape index (κ2) is 8.98. The fourth-order valence-electron chi connectivity index (χ4n) is 2.99. The Hall–Kier alpha value is -4.05. The third-order valence-electron chi connectivity index (χ3n) is 4.62. The van der Waals surface area contributed by atoms with Crippen molar-refractivity contribution in [3.05, 3.63) is 84.4 Å². The number of anilines is 1. The van der Waals surface area contributed by atoms with Crippen LogP contribution in [0.3, 0.4) is 0 Å². The number of para-hydroxylation sites is 1. The molecule has 32 heavy (non-hydrogen) atoms. The molecule has 0 bridgehead atoms. The predicted molar refractivity (Wildman–Crippen MR) is 118 cm³/mol. The summed E-state index contributed by atoms with van der Waals surface area (Å²) < 4.78 is 33.1. The van der Waals surface area contributed by atoms with Crippen LogP contribution in [0.15, 0.2) is 83.8 Å². The minimum atomic E-state index is -3.79. The van der Waals surface area contributed by atoms with Crippen LogP contribution >= 0.6 is 0 Å². The summed E-state index contributed by atoms with van der Waals surface area (Å²) in [7, 11) is -2.24. The number of benzene rings is 3. The van der Waals surface area contributed by atoms with E-state index in [2.05, 4.69) is 20.1 Å². The summed E-state index contributed by atoms with van der Waals surface area (Å²) in [6, 6.07) is 21.5. The summed E-state index contributed by atoms with van der Waals surface area (Å²) in [5.74, 6) is 0.644. The van der Waals surface area contributed by atoms with Crippen molar-refractivity contribution in [2.24, 2.45) is 0 Å². The van der Waals surface area contributed by atoms with E-state index < -0.39 is 10.0 Å². The molecule has 162 valence electrons. The van der Waals surface area contributed by atoms with Crippen molar-refractivity contribution in [3.8, 4) is 17.1 Å². The van der Waals surface area contributed by atoms with E-state index in [1.807, 2.05) is 0 Å². The molecule has 0 saturated heterocycles. The van der Waals surface area contributed by atoms with E-state index in [9.17, 15) is 13.2 Å². The Morgan fingerprint density at radius 1 is 0.969 bits per heavy atom. The third kappa shape index (κ3) is 4.65. The standard InChI is InChI=1S/C22H19N5O4S/c1-31-17-13-11-16(12-14-17)21(28)15-27-24-22(23-26-27)19-9-5-6-10-20(19)25-32(29,30)18-7-3-2-4-8-18/h2-14,25H,15H2,1H3. The normalized spacial score (nSPS) is 11.2. The number of carbonyl (C=O) groups excluding carboxylic acids is 1. The van der Waals surface area contributed by atoms with Gasteiger partial charge in [-0.05, 0) is 53.7 Å². The van der Waals surface area contributed by atoms with Gasteiger partial charge in [-0.15, -0.1) is 10.2 Å². The molecule has 0 spiro atoms. The van der Waals surface area contributed by atoms with E-state index in [4.69, 9.17) is 4.74 Å². The molecule has 1 heterocycles. The monoisotopic (exact) mass is 449 g/mol. The van der Waals surface area contributed by atoms with Crippen LogP contribution in [0.5, 0.6) is 5.75 Å². The van der Waals surface area contributed by atoms with Gasteiger partial charge in [0.15, 0.2) is 5.78 Å². The zero-order valence-corrected chi connectivity index (χ0v) is 17.9. The fourth-order valence-corrected chi connectivity index (χ4v) is 4.09. The number of nitrogens with zero attached hydrogens (tertiary/aromatic N) is 4. The van der Waals surface area contributed by atoms with E-state index in [0.29, 0.717) is 22.6 Å². The zero-order valence-electron chi connectivity index (χ0n) is 17.0. The lowest BCUT2D eigenvalue weighted by atomic mass is 10.1. The second-order valence-corrected chi connectivity index (χ2v) is 8.44. The smallest absolute Gasteiger partial charge is 0.261 e. The Morgan fingerprint density at radius 3 is 2.38 bits per heavy atom. The Labute approximate surface area is 184 Å². The van der Waals surface area contributed by atoms with E-state index >= 15 is 0 Å². The Balaban J connectivity index is 1.55. The number of aromatic nitrogens is 4. The number of rotatable bonds is 8. The van der Waals surface area contributed by atoms with Crippen LogP contribution in [0.4, 0.5) is 5.69 Å². The molecular weight excluding hydrogens is 430 g/mol. The first-order chi connectivity index (χ1) is 15.5. The zero-order chi connectivity index (χ0) is 22.6. The number of tetrazole rings is 1. The molecule has 0 aliphatic carbocycles. The van der Waals surface area contributed by atoms with Gasteiger partial charge >= 0.3 is 0 Å². The molecule has 9 nitrogen and oxygen atoms in total. The molecule has 3 aromatic carbocycles. The van der Waals surface area contributed by atoms with E-state index in [0.717, 1.165) is 0 Å². The van der Waals surface area contributed by atoms with Gasteiger partial charge in [0.2, 0.25) is 5.82 Å². The van der Waals surface area contributed by atoms with Crippen molar-refractivity contribution in [3.63, 3.8) is 0 Å². The first kappa shape index (κ1) is 21.2. The third-order valence-corrected chi connectivity index (χ3v) is 6.00. The maximum atomic E-state index is 12.7. The molecule has 1 N–H and O–H groups in total.